The minimum absolute atomic E-state index is 0.0667. The van der Waals surface area contributed by atoms with Crippen LogP contribution < -0.4 is 5.73 Å². The minimum atomic E-state index is -3.49. The van der Waals surface area contributed by atoms with E-state index in [0.29, 0.717) is 12.8 Å². The summed E-state index contributed by atoms with van der Waals surface area (Å²) < 4.78 is 25.2. The van der Waals surface area contributed by atoms with Gasteiger partial charge in [-0.2, -0.15) is 0 Å². The van der Waals surface area contributed by atoms with Gasteiger partial charge in [-0.1, -0.05) is 12.1 Å². The number of piperidine rings is 1. The summed E-state index contributed by atoms with van der Waals surface area (Å²) in [6.45, 7) is 1.51. The topological polar surface area (TPSA) is 80.5 Å². The molecule has 0 bridgehead atoms. The lowest BCUT2D eigenvalue weighted by atomic mass is 10.1. The molecule has 0 saturated carbocycles. The lowest BCUT2D eigenvalue weighted by Gasteiger charge is -2.29. The molecule has 1 aromatic rings. The van der Waals surface area contributed by atoms with E-state index >= 15 is 0 Å². The summed E-state index contributed by atoms with van der Waals surface area (Å²) in [7, 11) is -1.52. The highest BCUT2D eigenvalue weighted by molar-refractivity contribution is 7.92. The zero-order valence-electron chi connectivity index (χ0n) is 10.9. The number of carbonyl (C=O) groups excluding carboxylic acids is 1. The normalized spacial score (nSPS) is 18.4. The summed E-state index contributed by atoms with van der Waals surface area (Å²) in [5.74, 6) is -0.702. The van der Waals surface area contributed by atoms with Crippen molar-refractivity contribution >= 4 is 15.7 Å². The highest BCUT2D eigenvalue weighted by Gasteiger charge is 2.32. The van der Waals surface area contributed by atoms with Crippen LogP contribution in [0.25, 0.3) is 0 Å². The Morgan fingerprint density at radius 3 is 2.42 bits per heavy atom. The van der Waals surface area contributed by atoms with Crippen molar-refractivity contribution in [2.24, 2.45) is 5.73 Å². The first-order chi connectivity index (χ1) is 8.93. The number of primary amides is 1. The van der Waals surface area contributed by atoms with Crippen LogP contribution in [-0.2, 0) is 9.84 Å². The molecule has 19 heavy (non-hydrogen) atoms. The molecule has 1 aromatic carbocycles. The van der Waals surface area contributed by atoms with Gasteiger partial charge in [0.05, 0.1) is 15.7 Å². The highest BCUT2D eigenvalue weighted by Crippen LogP contribution is 2.26. The highest BCUT2D eigenvalue weighted by atomic mass is 32.2. The van der Waals surface area contributed by atoms with Gasteiger partial charge >= 0.3 is 0 Å². The summed E-state index contributed by atoms with van der Waals surface area (Å²) in [5.41, 5.74) is 5.34. The van der Waals surface area contributed by atoms with Crippen LogP contribution in [0.2, 0.25) is 0 Å². The molecule has 1 aliphatic rings. The van der Waals surface area contributed by atoms with Gasteiger partial charge in [-0.15, -0.1) is 0 Å². The number of sulfone groups is 1. The molecule has 1 aliphatic heterocycles. The fourth-order valence-corrected chi connectivity index (χ4v) is 4.33. The molecular weight excluding hydrogens is 264 g/mol. The van der Waals surface area contributed by atoms with Gasteiger partial charge in [0.2, 0.25) is 5.91 Å². The molecule has 5 nitrogen and oxygen atoms in total. The number of carbonyl (C=O) groups is 1. The second-order valence-electron chi connectivity index (χ2n) is 4.91. The number of benzene rings is 1. The molecule has 1 fully saturated rings. The molecule has 0 radical (unpaired) electrons. The predicted molar refractivity (Wildman–Crippen MR) is 72.7 cm³/mol. The number of likely N-dealkylation sites (tertiary alicyclic amines) is 1. The van der Waals surface area contributed by atoms with Gasteiger partial charge in [-0.3, -0.25) is 4.79 Å². The van der Waals surface area contributed by atoms with E-state index in [1.54, 1.807) is 12.1 Å². The van der Waals surface area contributed by atoms with E-state index in [4.69, 9.17) is 5.73 Å². The van der Waals surface area contributed by atoms with Crippen LogP contribution in [0, 0.1) is 0 Å². The second kappa shape index (κ2) is 5.30. The zero-order chi connectivity index (χ0) is 14.0. The number of nitrogens with zero attached hydrogens (tertiary/aromatic N) is 1. The molecule has 0 atom stereocenters. The first-order valence-corrected chi connectivity index (χ1v) is 7.79. The maximum Gasteiger partial charge on any atom is 0.250 e. The van der Waals surface area contributed by atoms with Crippen molar-refractivity contribution in [3.63, 3.8) is 0 Å². The molecule has 0 unspecified atom stereocenters. The Morgan fingerprint density at radius 2 is 1.84 bits per heavy atom. The van der Waals surface area contributed by atoms with Gasteiger partial charge < -0.3 is 10.6 Å². The molecule has 0 aliphatic carbocycles. The third-order valence-corrected chi connectivity index (χ3v) is 5.88. The molecule has 2 rings (SSSR count). The quantitative estimate of drug-likeness (QED) is 0.883. The van der Waals surface area contributed by atoms with E-state index in [1.165, 1.54) is 12.1 Å². The van der Waals surface area contributed by atoms with E-state index in [1.807, 2.05) is 7.05 Å². The van der Waals surface area contributed by atoms with Crippen molar-refractivity contribution in [3.8, 4) is 0 Å². The Hall–Kier alpha value is -1.40. The summed E-state index contributed by atoms with van der Waals surface area (Å²) in [6.07, 6.45) is 1.18. The van der Waals surface area contributed by atoms with Crippen molar-refractivity contribution in [2.45, 2.75) is 23.0 Å². The number of nitrogens with two attached hydrogens (primary N) is 1. The summed E-state index contributed by atoms with van der Waals surface area (Å²) in [6, 6.07) is 6.17. The molecular formula is C13H18N2O3S. The van der Waals surface area contributed by atoms with E-state index in [2.05, 4.69) is 4.90 Å². The van der Waals surface area contributed by atoms with Crippen molar-refractivity contribution in [1.29, 1.82) is 0 Å². The average Bonchev–Trinajstić information content (AvgIpc) is 2.39. The van der Waals surface area contributed by atoms with Crippen LogP contribution in [0.4, 0.5) is 0 Å². The molecule has 1 saturated heterocycles. The Balaban J connectivity index is 2.37. The van der Waals surface area contributed by atoms with E-state index in [9.17, 15) is 13.2 Å². The Bertz CT molecular complexity index is 575. The van der Waals surface area contributed by atoms with Gasteiger partial charge in [-0.05, 0) is 45.1 Å². The first kappa shape index (κ1) is 14.0. The smallest absolute Gasteiger partial charge is 0.250 e. The molecule has 1 heterocycles. The van der Waals surface area contributed by atoms with Gasteiger partial charge in [0.15, 0.2) is 9.84 Å². The van der Waals surface area contributed by atoms with Gasteiger partial charge in [0.25, 0.3) is 0 Å². The monoisotopic (exact) mass is 282 g/mol. The number of hydrogen-bond acceptors (Lipinski definition) is 4. The molecule has 1 amide bonds. The van der Waals surface area contributed by atoms with E-state index in [0.717, 1.165) is 13.1 Å². The lowest BCUT2D eigenvalue weighted by Crippen LogP contribution is -2.37. The zero-order valence-corrected chi connectivity index (χ0v) is 11.7. The Kier molecular flexibility index (Phi) is 3.91. The van der Waals surface area contributed by atoms with Crippen LogP contribution in [0.5, 0.6) is 0 Å². The van der Waals surface area contributed by atoms with Crippen LogP contribution >= 0.6 is 0 Å². The minimum Gasteiger partial charge on any atom is -0.366 e. The third kappa shape index (κ3) is 2.79. The summed E-state index contributed by atoms with van der Waals surface area (Å²) in [4.78, 5) is 13.5. The fourth-order valence-electron chi connectivity index (χ4n) is 2.39. The number of rotatable bonds is 3. The largest absolute Gasteiger partial charge is 0.366 e. The summed E-state index contributed by atoms with van der Waals surface area (Å²) >= 11 is 0. The molecule has 6 heteroatoms. The maximum atomic E-state index is 12.6. The van der Waals surface area contributed by atoms with Gasteiger partial charge in [-0.25, -0.2) is 8.42 Å². The maximum absolute atomic E-state index is 12.6. The SMILES string of the molecule is CN1CCC(S(=O)(=O)c2ccccc2C(N)=O)CC1. The Morgan fingerprint density at radius 1 is 1.26 bits per heavy atom. The van der Waals surface area contributed by atoms with Crippen LogP contribution in [0.1, 0.15) is 23.2 Å². The average molecular weight is 282 g/mol. The van der Waals surface area contributed by atoms with Crippen molar-refractivity contribution in [1.82, 2.24) is 4.90 Å². The third-order valence-electron chi connectivity index (χ3n) is 3.56. The first-order valence-electron chi connectivity index (χ1n) is 6.24. The molecule has 0 spiro atoms. The van der Waals surface area contributed by atoms with E-state index < -0.39 is 21.0 Å². The predicted octanol–water partition coefficient (Wildman–Crippen LogP) is 0.653. The summed E-state index contributed by atoms with van der Waals surface area (Å²) in [5, 5.41) is -0.427. The van der Waals surface area contributed by atoms with Gasteiger partial charge in [0, 0.05) is 0 Å². The number of amides is 1. The lowest BCUT2D eigenvalue weighted by molar-refractivity contribution is 0.0997. The van der Waals surface area contributed by atoms with Crippen molar-refractivity contribution in [2.75, 3.05) is 20.1 Å². The van der Waals surface area contributed by atoms with Crippen LogP contribution in [0.3, 0.4) is 0 Å². The van der Waals surface area contributed by atoms with Crippen LogP contribution in [0.15, 0.2) is 29.2 Å². The molecule has 104 valence electrons. The molecule has 2 N–H and O–H groups in total. The van der Waals surface area contributed by atoms with Crippen molar-refractivity contribution in [3.05, 3.63) is 29.8 Å². The van der Waals surface area contributed by atoms with Crippen LogP contribution in [-0.4, -0.2) is 44.6 Å². The fraction of sp³-hybridized carbons (Fsp3) is 0.462. The second-order valence-corrected chi connectivity index (χ2v) is 7.10. The standard InChI is InChI=1S/C13H18N2O3S/c1-15-8-6-10(7-9-15)19(17,18)12-5-3-2-4-11(12)13(14)16/h2-5,10H,6-9H2,1H3,(H2,14,16). The van der Waals surface area contributed by atoms with E-state index in [-0.39, 0.29) is 10.5 Å². The number of hydrogen-bond donors (Lipinski definition) is 1. The molecule has 0 aromatic heterocycles. The van der Waals surface area contributed by atoms with Crippen molar-refractivity contribution < 1.29 is 13.2 Å². The van der Waals surface area contributed by atoms with Gasteiger partial charge in [0.1, 0.15) is 0 Å². The Labute approximate surface area is 113 Å².